The van der Waals surface area contributed by atoms with Gasteiger partial charge in [0.25, 0.3) is 5.91 Å². The molecule has 0 saturated carbocycles. The smallest absolute Gasteiger partial charge is 0.255 e. The van der Waals surface area contributed by atoms with E-state index >= 15 is 0 Å². The first-order valence-corrected chi connectivity index (χ1v) is 6.05. The lowest BCUT2D eigenvalue weighted by Crippen LogP contribution is -2.14. The van der Waals surface area contributed by atoms with Gasteiger partial charge < -0.3 is 20.9 Å². The molecule has 0 atom stereocenters. The van der Waals surface area contributed by atoms with E-state index < -0.39 is 0 Å². The van der Waals surface area contributed by atoms with Crippen LogP contribution in [0.15, 0.2) is 36.4 Å². The Morgan fingerprint density at radius 1 is 1.25 bits per heavy atom. The molecule has 0 radical (unpaired) electrons. The summed E-state index contributed by atoms with van der Waals surface area (Å²) >= 11 is 0. The molecule has 0 saturated heterocycles. The van der Waals surface area contributed by atoms with Gasteiger partial charge in [-0.3, -0.25) is 4.79 Å². The molecule has 0 aliphatic rings. The van der Waals surface area contributed by atoms with Crippen LogP contribution in [0.5, 0.6) is 11.5 Å². The third kappa shape index (κ3) is 2.83. The number of nitrogen functional groups attached to an aromatic ring is 1. The van der Waals surface area contributed by atoms with Crippen LogP contribution in [0.1, 0.15) is 15.9 Å². The number of methoxy groups -OCH3 is 1. The lowest BCUT2D eigenvalue weighted by Gasteiger charge is -2.11. The minimum Gasteiger partial charge on any atom is -0.508 e. The molecule has 0 heterocycles. The van der Waals surface area contributed by atoms with Crippen molar-refractivity contribution in [1.29, 1.82) is 0 Å². The summed E-state index contributed by atoms with van der Waals surface area (Å²) in [6, 6.07) is 9.61. The van der Waals surface area contributed by atoms with E-state index in [9.17, 15) is 9.90 Å². The molecule has 104 valence electrons. The molecule has 0 aliphatic heterocycles. The van der Waals surface area contributed by atoms with Gasteiger partial charge in [-0.25, -0.2) is 0 Å². The van der Waals surface area contributed by atoms with Gasteiger partial charge in [-0.15, -0.1) is 0 Å². The number of carbonyl (C=O) groups is 1. The summed E-state index contributed by atoms with van der Waals surface area (Å²) in [5, 5.41) is 12.1. The molecule has 0 aromatic heterocycles. The molecule has 0 unspecified atom stereocenters. The van der Waals surface area contributed by atoms with E-state index in [2.05, 4.69) is 5.32 Å². The predicted octanol–water partition coefficient (Wildman–Crippen LogP) is 2.54. The summed E-state index contributed by atoms with van der Waals surface area (Å²) in [6.07, 6.45) is 0. The minimum absolute atomic E-state index is 0.128. The number of hydrogen-bond acceptors (Lipinski definition) is 4. The predicted molar refractivity (Wildman–Crippen MR) is 78.2 cm³/mol. The number of aryl methyl sites for hydroxylation is 1. The number of anilines is 2. The van der Waals surface area contributed by atoms with Gasteiger partial charge in [0.1, 0.15) is 11.5 Å². The highest BCUT2D eigenvalue weighted by Gasteiger charge is 2.11. The van der Waals surface area contributed by atoms with Crippen molar-refractivity contribution in [2.75, 3.05) is 18.2 Å². The highest BCUT2D eigenvalue weighted by Crippen LogP contribution is 2.25. The Labute approximate surface area is 117 Å². The zero-order chi connectivity index (χ0) is 14.7. The van der Waals surface area contributed by atoms with Crippen LogP contribution in [0.25, 0.3) is 0 Å². The zero-order valence-electron chi connectivity index (χ0n) is 11.3. The second kappa shape index (κ2) is 5.52. The lowest BCUT2D eigenvalue weighted by molar-refractivity contribution is 0.102. The van der Waals surface area contributed by atoms with Gasteiger partial charge in [0, 0.05) is 11.6 Å². The maximum absolute atomic E-state index is 12.2. The number of phenolic OH excluding ortho intramolecular Hbond substituents is 1. The Bertz CT molecular complexity index is 654. The molecule has 5 nitrogen and oxygen atoms in total. The Hall–Kier alpha value is -2.69. The molecule has 2 aromatic carbocycles. The highest BCUT2D eigenvalue weighted by molar-refractivity contribution is 6.06. The second-order valence-corrected chi connectivity index (χ2v) is 4.41. The fraction of sp³-hybridized carbons (Fsp3) is 0.133. The largest absolute Gasteiger partial charge is 0.508 e. The first kappa shape index (κ1) is 13.7. The number of nitrogens with one attached hydrogen (secondary N) is 1. The topological polar surface area (TPSA) is 84.6 Å². The lowest BCUT2D eigenvalue weighted by atomic mass is 10.1. The highest BCUT2D eigenvalue weighted by atomic mass is 16.5. The number of nitrogens with two attached hydrogens (primary N) is 1. The van der Waals surface area contributed by atoms with Crippen molar-refractivity contribution in [2.24, 2.45) is 0 Å². The average molecular weight is 272 g/mol. The van der Waals surface area contributed by atoms with E-state index in [4.69, 9.17) is 10.5 Å². The molecule has 0 aliphatic carbocycles. The summed E-state index contributed by atoms with van der Waals surface area (Å²) in [5.74, 6) is 0.476. The van der Waals surface area contributed by atoms with Crippen LogP contribution in [0.4, 0.5) is 11.4 Å². The van der Waals surface area contributed by atoms with Crippen LogP contribution in [-0.2, 0) is 0 Å². The van der Waals surface area contributed by atoms with Crippen molar-refractivity contribution < 1.29 is 14.6 Å². The molecule has 20 heavy (non-hydrogen) atoms. The quantitative estimate of drug-likeness (QED) is 0.750. The van der Waals surface area contributed by atoms with Crippen LogP contribution in [0.2, 0.25) is 0 Å². The monoisotopic (exact) mass is 272 g/mol. The van der Waals surface area contributed by atoms with Gasteiger partial charge in [-0.1, -0.05) is 0 Å². The van der Waals surface area contributed by atoms with Crippen LogP contribution in [0, 0.1) is 6.92 Å². The SMILES string of the molecule is COc1ccc(NC(=O)c2ccc(O)cc2C)c(N)c1. The summed E-state index contributed by atoms with van der Waals surface area (Å²) in [4.78, 5) is 12.2. The van der Waals surface area contributed by atoms with Gasteiger partial charge in [0.15, 0.2) is 0 Å². The fourth-order valence-corrected chi connectivity index (χ4v) is 1.87. The molecule has 5 heteroatoms. The third-order valence-corrected chi connectivity index (χ3v) is 2.96. The number of aromatic hydroxyl groups is 1. The summed E-state index contributed by atoms with van der Waals surface area (Å²) in [7, 11) is 1.55. The average Bonchev–Trinajstić information content (AvgIpc) is 2.40. The van der Waals surface area contributed by atoms with Gasteiger partial charge in [0.2, 0.25) is 0 Å². The molecule has 4 N–H and O–H groups in total. The van der Waals surface area contributed by atoms with Crippen molar-refractivity contribution in [3.05, 3.63) is 47.5 Å². The molecular weight excluding hydrogens is 256 g/mol. The molecule has 0 bridgehead atoms. The summed E-state index contributed by atoms with van der Waals surface area (Å²) in [6.45, 7) is 1.76. The van der Waals surface area contributed by atoms with E-state index in [0.717, 1.165) is 0 Å². The number of carbonyl (C=O) groups excluding carboxylic acids is 1. The van der Waals surface area contributed by atoms with Crippen LogP contribution in [0.3, 0.4) is 0 Å². The third-order valence-electron chi connectivity index (χ3n) is 2.96. The fourth-order valence-electron chi connectivity index (χ4n) is 1.87. The van der Waals surface area contributed by atoms with Gasteiger partial charge >= 0.3 is 0 Å². The van der Waals surface area contributed by atoms with Gasteiger partial charge in [0.05, 0.1) is 18.5 Å². The normalized spacial score (nSPS) is 10.1. The Morgan fingerprint density at radius 3 is 2.60 bits per heavy atom. The van der Waals surface area contributed by atoms with E-state index in [1.807, 2.05) is 0 Å². The van der Waals surface area contributed by atoms with E-state index in [1.54, 1.807) is 38.3 Å². The molecule has 1 amide bonds. The number of phenols is 1. The van der Waals surface area contributed by atoms with Crippen molar-refractivity contribution in [1.82, 2.24) is 0 Å². The molecule has 2 aromatic rings. The summed E-state index contributed by atoms with van der Waals surface area (Å²) in [5.41, 5.74) is 7.97. The van der Waals surface area contributed by atoms with E-state index in [1.165, 1.54) is 12.1 Å². The zero-order valence-corrected chi connectivity index (χ0v) is 11.3. The van der Waals surface area contributed by atoms with Crippen molar-refractivity contribution in [3.63, 3.8) is 0 Å². The molecule has 0 spiro atoms. The molecule has 2 rings (SSSR count). The van der Waals surface area contributed by atoms with Crippen LogP contribution in [-0.4, -0.2) is 18.1 Å². The second-order valence-electron chi connectivity index (χ2n) is 4.41. The first-order valence-electron chi connectivity index (χ1n) is 6.05. The van der Waals surface area contributed by atoms with E-state index in [0.29, 0.717) is 28.3 Å². The van der Waals surface area contributed by atoms with Crippen molar-refractivity contribution in [3.8, 4) is 11.5 Å². The van der Waals surface area contributed by atoms with Crippen LogP contribution < -0.4 is 15.8 Å². The Morgan fingerprint density at radius 2 is 2.00 bits per heavy atom. The van der Waals surface area contributed by atoms with Crippen LogP contribution >= 0.6 is 0 Å². The molecule has 0 fully saturated rings. The number of benzene rings is 2. The van der Waals surface area contributed by atoms with Gasteiger partial charge in [-0.05, 0) is 42.8 Å². The molecular formula is C15H16N2O3. The van der Waals surface area contributed by atoms with E-state index in [-0.39, 0.29) is 11.7 Å². The van der Waals surface area contributed by atoms with Crippen molar-refractivity contribution >= 4 is 17.3 Å². The standard InChI is InChI=1S/C15H16N2O3/c1-9-7-10(18)3-5-12(9)15(19)17-14-6-4-11(20-2)8-13(14)16/h3-8,18H,16H2,1-2H3,(H,17,19). The number of rotatable bonds is 3. The van der Waals surface area contributed by atoms with Crippen molar-refractivity contribution in [2.45, 2.75) is 6.92 Å². The number of ether oxygens (including phenoxy) is 1. The first-order chi connectivity index (χ1) is 9.51. The maximum Gasteiger partial charge on any atom is 0.255 e. The number of amides is 1. The Balaban J connectivity index is 2.23. The van der Waals surface area contributed by atoms with Gasteiger partial charge in [-0.2, -0.15) is 0 Å². The minimum atomic E-state index is -0.278. The number of hydrogen-bond donors (Lipinski definition) is 3. The summed E-state index contributed by atoms with van der Waals surface area (Å²) < 4.78 is 5.05. The Kier molecular flexibility index (Phi) is 3.79. The maximum atomic E-state index is 12.2.